The summed E-state index contributed by atoms with van der Waals surface area (Å²) in [5, 5.41) is 2.98. The van der Waals surface area contributed by atoms with Gasteiger partial charge in [-0.2, -0.15) is 0 Å². The van der Waals surface area contributed by atoms with Crippen molar-refractivity contribution >= 4 is 15.9 Å². The Kier molecular flexibility index (Phi) is 5.11. The lowest BCUT2D eigenvalue weighted by Gasteiger charge is -2.32. The minimum absolute atomic E-state index is 0.0498. The molecule has 0 bridgehead atoms. The molecule has 1 heterocycles. The number of nitrogens with one attached hydrogen (secondary N) is 1. The van der Waals surface area contributed by atoms with Crippen LogP contribution >= 0.6 is 0 Å². The van der Waals surface area contributed by atoms with Crippen LogP contribution in [-0.4, -0.2) is 38.7 Å². The Hall–Kier alpha value is -1.56. The molecule has 1 N–H and O–H groups in total. The van der Waals surface area contributed by atoms with Crippen molar-refractivity contribution in [1.29, 1.82) is 0 Å². The molecule has 2 amide bonds. The van der Waals surface area contributed by atoms with Gasteiger partial charge in [0.15, 0.2) is 9.84 Å². The van der Waals surface area contributed by atoms with Gasteiger partial charge in [0, 0.05) is 19.3 Å². The second kappa shape index (κ2) is 6.69. The third-order valence-corrected chi connectivity index (χ3v) is 5.22. The Morgan fingerprint density at radius 2 is 1.95 bits per heavy atom. The first kappa shape index (κ1) is 16.8. The summed E-state index contributed by atoms with van der Waals surface area (Å²) in [6.07, 6.45) is 3.41. The summed E-state index contributed by atoms with van der Waals surface area (Å²) >= 11 is 0. The van der Waals surface area contributed by atoms with E-state index in [2.05, 4.69) is 12.2 Å². The molecular formula is C16H24N2O3S. The fourth-order valence-corrected chi connectivity index (χ4v) is 3.37. The Morgan fingerprint density at radius 1 is 1.32 bits per heavy atom. The average Bonchev–Trinajstić information content (AvgIpc) is 2.46. The normalized spacial score (nSPS) is 20.5. The lowest BCUT2D eigenvalue weighted by atomic mass is 10.0. The molecule has 1 aromatic rings. The molecule has 0 spiro atoms. The minimum atomic E-state index is -3.19. The Bertz CT molecular complexity index is 625. The fraction of sp³-hybridized carbons (Fsp3) is 0.562. The molecule has 22 heavy (non-hydrogen) atoms. The molecule has 122 valence electrons. The molecule has 5 nitrogen and oxygen atoms in total. The van der Waals surface area contributed by atoms with Crippen molar-refractivity contribution in [2.45, 2.75) is 37.6 Å². The van der Waals surface area contributed by atoms with Crippen LogP contribution in [0.3, 0.4) is 0 Å². The van der Waals surface area contributed by atoms with Crippen molar-refractivity contribution in [2.75, 3.05) is 19.3 Å². The number of sulfone groups is 1. The molecule has 2 atom stereocenters. The highest BCUT2D eigenvalue weighted by atomic mass is 32.2. The maximum atomic E-state index is 12.3. The predicted octanol–water partition coefficient (Wildman–Crippen LogP) is 2.59. The van der Waals surface area contributed by atoms with Crippen molar-refractivity contribution < 1.29 is 13.2 Å². The highest BCUT2D eigenvalue weighted by Gasteiger charge is 2.22. The van der Waals surface area contributed by atoms with Gasteiger partial charge in [0.1, 0.15) is 0 Å². The molecule has 0 aliphatic carbocycles. The van der Waals surface area contributed by atoms with E-state index in [4.69, 9.17) is 0 Å². The Morgan fingerprint density at radius 3 is 2.50 bits per heavy atom. The lowest BCUT2D eigenvalue weighted by Crippen LogP contribution is -2.45. The van der Waals surface area contributed by atoms with E-state index in [1.54, 1.807) is 24.3 Å². The molecule has 0 radical (unpaired) electrons. The summed E-state index contributed by atoms with van der Waals surface area (Å²) in [7, 11) is -3.19. The van der Waals surface area contributed by atoms with E-state index in [0.717, 1.165) is 25.1 Å². The zero-order chi connectivity index (χ0) is 16.3. The predicted molar refractivity (Wildman–Crippen MR) is 86.5 cm³/mol. The number of piperidine rings is 1. The van der Waals surface area contributed by atoms with Crippen molar-refractivity contribution in [3.63, 3.8) is 0 Å². The second-order valence-corrected chi connectivity index (χ2v) is 8.22. The van der Waals surface area contributed by atoms with E-state index in [0.29, 0.717) is 10.8 Å². The number of carbonyl (C=O) groups is 1. The first-order valence-electron chi connectivity index (χ1n) is 7.63. The van der Waals surface area contributed by atoms with Crippen LogP contribution in [0.5, 0.6) is 0 Å². The quantitative estimate of drug-likeness (QED) is 0.929. The lowest BCUT2D eigenvalue weighted by molar-refractivity contribution is 0.167. The van der Waals surface area contributed by atoms with Gasteiger partial charge in [0.05, 0.1) is 10.9 Å². The van der Waals surface area contributed by atoms with Crippen molar-refractivity contribution in [3.8, 4) is 0 Å². The number of rotatable bonds is 3. The molecule has 0 saturated carbocycles. The molecule has 6 heteroatoms. The van der Waals surface area contributed by atoms with Crippen LogP contribution in [0, 0.1) is 5.92 Å². The number of likely N-dealkylation sites (tertiary alicyclic amines) is 1. The van der Waals surface area contributed by atoms with Gasteiger partial charge in [-0.15, -0.1) is 0 Å². The smallest absolute Gasteiger partial charge is 0.317 e. The van der Waals surface area contributed by atoms with Gasteiger partial charge >= 0.3 is 6.03 Å². The number of urea groups is 1. The summed E-state index contributed by atoms with van der Waals surface area (Å²) in [5.41, 5.74) is 0.894. The third kappa shape index (κ3) is 4.22. The number of benzene rings is 1. The second-order valence-electron chi connectivity index (χ2n) is 6.21. The van der Waals surface area contributed by atoms with Crippen molar-refractivity contribution in [3.05, 3.63) is 29.8 Å². The molecule has 0 aromatic heterocycles. The van der Waals surface area contributed by atoms with Crippen molar-refractivity contribution in [2.24, 2.45) is 5.92 Å². The van der Waals surface area contributed by atoms with Crippen LogP contribution < -0.4 is 5.32 Å². The summed E-state index contributed by atoms with van der Waals surface area (Å²) < 4.78 is 22.9. The Labute approximate surface area is 132 Å². The number of carbonyl (C=O) groups excluding carboxylic acids is 1. The molecule has 1 aliphatic heterocycles. The van der Waals surface area contributed by atoms with Crippen LogP contribution in [0.4, 0.5) is 4.79 Å². The summed E-state index contributed by atoms with van der Waals surface area (Å²) in [6, 6.07) is 6.46. The third-order valence-electron chi connectivity index (χ3n) is 4.09. The molecular weight excluding hydrogens is 300 g/mol. The van der Waals surface area contributed by atoms with Gasteiger partial charge < -0.3 is 10.2 Å². The van der Waals surface area contributed by atoms with Crippen LogP contribution in [0.15, 0.2) is 29.2 Å². The van der Waals surface area contributed by atoms with Gasteiger partial charge in [-0.05, 0) is 43.4 Å². The number of hydrogen-bond donors (Lipinski definition) is 1. The first-order valence-corrected chi connectivity index (χ1v) is 9.52. The van der Waals surface area contributed by atoms with Gasteiger partial charge in [0.2, 0.25) is 0 Å². The zero-order valence-electron chi connectivity index (χ0n) is 13.4. The van der Waals surface area contributed by atoms with E-state index < -0.39 is 9.84 Å². The van der Waals surface area contributed by atoms with Crippen molar-refractivity contribution in [1.82, 2.24) is 10.2 Å². The first-order chi connectivity index (χ1) is 10.3. The maximum absolute atomic E-state index is 12.3. The average molecular weight is 324 g/mol. The van der Waals surface area contributed by atoms with Crippen LogP contribution in [0.1, 0.15) is 38.3 Å². The molecule has 1 aromatic carbocycles. The van der Waals surface area contributed by atoms with E-state index in [9.17, 15) is 13.2 Å². The Balaban J connectivity index is 1.99. The molecule has 2 rings (SSSR count). The van der Waals surface area contributed by atoms with Gasteiger partial charge in [-0.1, -0.05) is 19.1 Å². The SMILES string of the molecule is CC1CCCN(C(=O)NC(C)c2ccc(S(C)(=O)=O)cc2)C1. The molecule has 1 aliphatic rings. The van der Waals surface area contributed by atoms with Gasteiger partial charge in [-0.25, -0.2) is 13.2 Å². The zero-order valence-corrected chi connectivity index (χ0v) is 14.2. The topological polar surface area (TPSA) is 66.5 Å². The highest BCUT2D eigenvalue weighted by molar-refractivity contribution is 7.90. The van der Waals surface area contributed by atoms with Gasteiger partial charge in [-0.3, -0.25) is 0 Å². The molecule has 1 fully saturated rings. The van der Waals surface area contributed by atoms with Crippen LogP contribution in [0.2, 0.25) is 0 Å². The van der Waals surface area contributed by atoms with Crippen LogP contribution in [0.25, 0.3) is 0 Å². The van der Waals surface area contributed by atoms with Crippen LogP contribution in [-0.2, 0) is 9.84 Å². The molecule has 1 saturated heterocycles. The number of nitrogens with zero attached hydrogens (tertiary/aromatic N) is 1. The summed E-state index contributed by atoms with van der Waals surface area (Å²) in [5.74, 6) is 0.545. The monoisotopic (exact) mass is 324 g/mol. The number of amides is 2. The summed E-state index contributed by atoms with van der Waals surface area (Å²) in [6.45, 7) is 5.66. The van der Waals surface area contributed by atoms with E-state index in [1.807, 2.05) is 11.8 Å². The minimum Gasteiger partial charge on any atom is -0.331 e. The van der Waals surface area contributed by atoms with Gasteiger partial charge in [0.25, 0.3) is 0 Å². The molecule has 2 unspecified atom stereocenters. The maximum Gasteiger partial charge on any atom is 0.317 e. The fourth-order valence-electron chi connectivity index (χ4n) is 2.74. The van der Waals surface area contributed by atoms with E-state index in [1.165, 1.54) is 12.7 Å². The van der Waals surface area contributed by atoms with E-state index >= 15 is 0 Å². The van der Waals surface area contributed by atoms with E-state index in [-0.39, 0.29) is 12.1 Å². The standard InChI is InChI=1S/C16H24N2O3S/c1-12-5-4-10-18(11-12)16(19)17-13(2)14-6-8-15(9-7-14)22(3,20)21/h6-9,12-13H,4-5,10-11H2,1-3H3,(H,17,19). The number of hydrogen-bond acceptors (Lipinski definition) is 3. The summed E-state index contributed by atoms with van der Waals surface area (Å²) in [4.78, 5) is 14.4. The highest BCUT2D eigenvalue weighted by Crippen LogP contribution is 2.19. The largest absolute Gasteiger partial charge is 0.331 e.